The maximum absolute atomic E-state index is 11.9. The monoisotopic (exact) mass is 277 g/mol. The Kier molecular flexibility index (Phi) is 4.98. The predicted molar refractivity (Wildman–Crippen MR) is 74.1 cm³/mol. The van der Waals surface area contributed by atoms with Gasteiger partial charge in [-0.2, -0.15) is 0 Å². The average molecular weight is 277 g/mol. The number of hydrogen-bond acceptors (Lipinski definition) is 4. The summed E-state index contributed by atoms with van der Waals surface area (Å²) in [4.78, 5) is 25.3. The molecule has 0 saturated carbocycles. The number of rotatable bonds is 4. The fourth-order valence-electron chi connectivity index (χ4n) is 2.16. The molecule has 1 amide bonds. The van der Waals surface area contributed by atoms with Crippen molar-refractivity contribution in [3.05, 3.63) is 29.8 Å². The number of Topliss-reactive ketones (excluding diaryl/α,β-unsaturated/α-hetero) is 1. The molecule has 1 aliphatic heterocycles. The summed E-state index contributed by atoms with van der Waals surface area (Å²) in [5, 5.41) is 0. The SMILES string of the molecule is COc1ccc(C(=O)COC(=O)N2CCCCC2)cc1. The number of amides is 1. The molecule has 5 heteroatoms. The van der Waals surface area contributed by atoms with E-state index in [1.807, 2.05) is 0 Å². The molecule has 0 aromatic heterocycles. The summed E-state index contributed by atoms with van der Waals surface area (Å²) in [6.45, 7) is 1.22. The normalized spacial score (nSPS) is 14.8. The van der Waals surface area contributed by atoms with Crippen molar-refractivity contribution in [3.8, 4) is 5.75 Å². The average Bonchev–Trinajstić information content (AvgIpc) is 2.53. The lowest BCUT2D eigenvalue weighted by atomic mass is 10.1. The van der Waals surface area contributed by atoms with Gasteiger partial charge >= 0.3 is 6.09 Å². The maximum atomic E-state index is 11.9. The summed E-state index contributed by atoms with van der Waals surface area (Å²) in [5.41, 5.74) is 0.511. The molecular weight excluding hydrogens is 258 g/mol. The lowest BCUT2D eigenvalue weighted by Crippen LogP contribution is -2.36. The van der Waals surface area contributed by atoms with Crippen LogP contribution in [0.3, 0.4) is 0 Å². The minimum Gasteiger partial charge on any atom is -0.497 e. The number of carbonyl (C=O) groups excluding carboxylic acids is 2. The standard InChI is InChI=1S/C15H19NO4/c1-19-13-7-5-12(6-8-13)14(17)11-20-15(18)16-9-3-2-4-10-16/h5-8H,2-4,9-11H2,1H3. The van der Waals surface area contributed by atoms with Crippen molar-refractivity contribution in [2.75, 3.05) is 26.8 Å². The molecule has 20 heavy (non-hydrogen) atoms. The molecule has 0 aliphatic carbocycles. The van der Waals surface area contributed by atoms with Gasteiger partial charge in [-0.1, -0.05) is 0 Å². The van der Waals surface area contributed by atoms with Crippen molar-refractivity contribution in [3.63, 3.8) is 0 Å². The van der Waals surface area contributed by atoms with Crippen LogP contribution in [0.25, 0.3) is 0 Å². The van der Waals surface area contributed by atoms with Crippen molar-refractivity contribution in [1.29, 1.82) is 0 Å². The van der Waals surface area contributed by atoms with Gasteiger partial charge in [0.25, 0.3) is 0 Å². The Balaban J connectivity index is 1.83. The van der Waals surface area contributed by atoms with Crippen LogP contribution in [0.15, 0.2) is 24.3 Å². The molecule has 1 aromatic rings. The molecule has 1 heterocycles. The third-order valence-electron chi connectivity index (χ3n) is 3.35. The van der Waals surface area contributed by atoms with E-state index >= 15 is 0 Å². The fourth-order valence-corrected chi connectivity index (χ4v) is 2.16. The number of carbonyl (C=O) groups is 2. The second-order valence-electron chi connectivity index (χ2n) is 4.75. The number of benzene rings is 1. The van der Waals surface area contributed by atoms with Gasteiger partial charge in [-0.3, -0.25) is 4.79 Å². The first-order chi connectivity index (χ1) is 9.70. The van der Waals surface area contributed by atoms with Crippen molar-refractivity contribution in [2.45, 2.75) is 19.3 Å². The predicted octanol–water partition coefficient (Wildman–Crippen LogP) is 2.50. The Labute approximate surface area is 118 Å². The van der Waals surface area contributed by atoms with E-state index in [0.717, 1.165) is 32.4 Å². The summed E-state index contributed by atoms with van der Waals surface area (Å²) in [6, 6.07) is 6.74. The zero-order chi connectivity index (χ0) is 14.4. The first kappa shape index (κ1) is 14.4. The number of likely N-dealkylation sites (tertiary alicyclic amines) is 1. The number of hydrogen-bond donors (Lipinski definition) is 0. The van der Waals surface area contributed by atoms with Crippen molar-refractivity contribution in [2.24, 2.45) is 0 Å². The molecule has 1 fully saturated rings. The highest BCUT2D eigenvalue weighted by atomic mass is 16.6. The first-order valence-electron chi connectivity index (χ1n) is 6.79. The second-order valence-corrected chi connectivity index (χ2v) is 4.75. The quantitative estimate of drug-likeness (QED) is 0.793. The molecule has 5 nitrogen and oxygen atoms in total. The Morgan fingerprint density at radius 2 is 1.75 bits per heavy atom. The summed E-state index contributed by atoms with van der Waals surface area (Å²) in [7, 11) is 1.57. The molecule has 0 spiro atoms. The molecule has 0 unspecified atom stereocenters. The number of ether oxygens (including phenoxy) is 2. The topological polar surface area (TPSA) is 55.8 Å². The van der Waals surface area contributed by atoms with Crippen LogP contribution in [0.1, 0.15) is 29.6 Å². The highest BCUT2D eigenvalue weighted by Gasteiger charge is 2.18. The van der Waals surface area contributed by atoms with Gasteiger partial charge in [0.2, 0.25) is 0 Å². The van der Waals surface area contributed by atoms with E-state index < -0.39 is 6.09 Å². The lowest BCUT2D eigenvalue weighted by molar-refractivity contribution is 0.0728. The van der Waals surface area contributed by atoms with Gasteiger partial charge in [0.15, 0.2) is 12.4 Å². The third-order valence-corrected chi connectivity index (χ3v) is 3.35. The molecule has 0 N–H and O–H groups in total. The van der Waals surface area contributed by atoms with Crippen LogP contribution in [-0.4, -0.2) is 43.6 Å². The van der Waals surface area contributed by atoms with Crippen LogP contribution < -0.4 is 4.74 Å². The van der Waals surface area contributed by atoms with Crippen LogP contribution in [0.5, 0.6) is 5.75 Å². The van der Waals surface area contributed by atoms with Crippen LogP contribution >= 0.6 is 0 Å². The Morgan fingerprint density at radius 1 is 1.10 bits per heavy atom. The summed E-state index contributed by atoms with van der Waals surface area (Å²) in [6.07, 6.45) is 2.75. The summed E-state index contributed by atoms with van der Waals surface area (Å²) in [5.74, 6) is 0.477. The molecule has 1 saturated heterocycles. The molecule has 1 aliphatic rings. The van der Waals surface area contributed by atoms with Gasteiger partial charge < -0.3 is 14.4 Å². The van der Waals surface area contributed by atoms with E-state index in [9.17, 15) is 9.59 Å². The second kappa shape index (κ2) is 6.93. The lowest BCUT2D eigenvalue weighted by Gasteiger charge is -2.25. The first-order valence-corrected chi connectivity index (χ1v) is 6.79. The Hall–Kier alpha value is -2.04. The number of methoxy groups -OCH3 is 1. The molecule has 0 bridgehead atoms. The minimum atomic E-state index is -0.397. The molecule has 1 aromatic carbocycles. The number of piperidine rings is 1. The number of ketones is 1. The van der Waals surface area contributed by atoms with Crippen LogP contribution in [0.4, 0.5) is 4.79 Å². The van der Waals surface area contributed by atoms with Gasteiger partial charge in [0.05, 0.1) is 7.11 Å². The fraction of sp³-hybridized carbons (Fsp3) is 0.467. The summed E-state index contributed by atoms with van der Waals surface area (Å²) < 4.78 is 10.1. The van der Waals surface area contributed by atoms with E-state index in [1.54, 1.807) is 36.3 Å². The Morgan fingerprint density at radius 3 is 2.35 bits per heavy atom. The van der Waals surface area contributed by atoms with Crippen molar-refractivity contribution < 1.29 is 19.1 Å². The zero-order valence-corrected chi connectivity index (χ0v) is 11.6. The van der Waals surface area contributed by atoms with Gasteiger partial charge in [-0.05, 0) is 43.5 Å². The summed E-state index contributed by atoms with van der Waals surface area (Å²) >= 11 is 0. The molecular formula is C15H19NO4. The van der Waals surface area contributed by atoms with Crippen LogP contribution in [0, 0.1) is 0 Å². The molecule has 0 radical (unpaired) electrons. The smallest absolute Gasteiger partial charge is 0.410 e. The number of nitrogens with zero attached hydrogens (tertiary/aromatic N) is 1. The van der Waals surface area contributed by atoms with E-state index in [4.69, 9.17) is 9.47 Å². The van der Waals surface area contributed by atoms with E-state index in [1.165, 1.54) is 0 Å². The Bertz CT molecular complexity index is 463. The molecule has 108 valence electrons. The van der Waals surface area contributed by atoms with Crippen molar-refractivity contribution in [1.82, 2.24) is 4.90 Å². The van der Waals surface area contributed by atoms with Gasteiger partial charge in [-0.25, -0.2) is 4.79 Å². The van der Waals surface area contributed by atoms with E-state index in [2.05, 4.69) is 0 Å². The van der Waals surface area contributed by atoms with Gasteiger partial charge in [0.1, 0.15) is 5.75 Å². The molecule has 2 rings (SSSR count). The van der Waals surface area contributed by atoms with Crippen LogP contribution in [-0.2, 0) is 4.74 Å². The molecule has 0 atom stereocenters. The van der Waals surface area contributed by atoms with Gasteiger partial charge in [-0.15, -0.1) is 0 Å². The largest absolute Gasteiger partial charge is 0.497 e. The highest BCUT2D eigenvalue weighted by Crippen LogP contribution is 2.13. The van der Waals surface area contributed by atoms with E-state index in [0.29, 0.717) is 11.3 Å². The third kappa shape index (κ3) is 3.73. The zero-order valence-electron chi connectivity index (χ0n) is 11.6. The highest BCUT2D eigenvalue weighted by molar-refractivity contribution is 5.97. The van der Waals surface area contributed by atoms with Crippen molar-refractivity contribution >= 4 is 11.9 Å². The van der Waals surface area contributed by atoms with Gasteiger partial charge in [0, 0.05) is 18.7 Å². The van der Waals surface area contributed by atoms with E-state index in [-0.39, 0.29) is 12.4 Å². The maximum Gasteiger partial charge on any atom is 0.410 e. The van der Waals surface area contributed by atoms with Crippen LogP contribution in [0.2, 0.25) is 0 Å². The minimum absolute atomic E-state index is 0.210.